The summed E-state index contributed by atoms with van der Waals surface area (Å²) in [6.07, 6.45) is 6.89. The van der Waals surface area contributed by atoms with E-state index in [9.17, 15) is 4.79 Å². The predicted molar refractivity (Wildman–Crippen MR) is 114 cm³/mol. The van der Waals surface area contributed by atoms with E-state index in [0.29, 0.717) is 11.8 Å². The van der Waals surface area contributed by atoms with E-state index in [4.69, 9.17) is 4.74 Å². The number of hydrazone groups is 1. The van der Waals surface area contributed by atoms with Crippen LogP contribution in [0.3, 0.4) is 0 Å². The lowest BCUT2D eigenvalue weighted by Crippen LogP contribution is -2.38. The molecule has 2 aliphatic rings. The van der Waals surface area contributed by atoms with Crippen molar-refractivity contribution in [3.05, 3.63) is 66.0 Å². The predicted octanol–water partition coefficient (Wildman–Crippen LogP) is 1.75. The maximum absolute atomic E-state index is 12.1. The average molecular weight is 407 g/mol. The third-order valence-electron chi connectivity index (χ3n) is 4.19. The zero-order valence-corrected chi connectivity index (χ0v) is 17.0. The lowest BCUT2D eigenvalue weighted by Gasteiger charge is -2.26. The molecule has 2 aromatic rings. The molecule has 2 atom stereocenters. The normalized spacial score (nSPS) is 20.0. The van der Waals surface area contributed by atoms with Gasteiger partial charge >= 0.3 is 5.97 Å². The molecule has 0 bridgehead atoms. The smallest absolute Gasteiger partial charge is 0.373 e. The lowest BCUT2D eigenvalue weighted by molar-refractivity contribution is -0.686. The summed E-state index contributed by atoms with van der Waals surface area (Å²) in [4.78, 5) is 25.4. The second-order valence-corrected chi connectivity index (χ2v) is 7.98. The van der Waals surface area contributed by atoms with Crippen LogP contribution in [0.2, 0.25) is 0 Å². The van der Waals surface area contributed by atoms with Gasteiger partial charge in [0.1, 0.15) is 18.2 Å². The van der Waals surface area contributed by atoms with Crippen molar-refractivity contribution in [1.29, 1.82) is 0 Å². The number of nitrogens with zero attached hydrogens (tertiary/aromatic N) is 6. The van der Waals surface area contributed by atoms with Gasteiger partial charge < -0.3 is 4.74 Å². The van der Waals surface area contributed by atoms with Crippen molar-refractivity contribution in [3.8, 4) is 0 Å². The topological polar surface area (TPSA) is 82.9 Å². The first kappa shape index (κ1) is 19.1. The summed E-state index contributed by atoms with van der Waals surface area (Å²) in [5.74, 6) is 0.720. The highest BCUT2D eigenvalue weighted by Crippen LogP contribution is 2.22. The molecular weight excluding hydrogens is 387 g/mol. The number of fused-ring (bicyclic) bond motifs is 1. The number of ether oxygens (including phenoxy) is 1. The van der Waals surface area contributed by atoms with Crippen molar-refractivity contribution in [3.63, 3.8) is 0 Å². The molecule has 0 aliphatic carbocycles. The Bertz CT molecular complexity index is 1030. The molecule has 0 amide bonds. The molecule has 0 saturated carbocycles. The summed E-state index contributed by atoms with van der Waals surface area (Å²) in [5.41, 5.74) is 1.78. The van der Waals surface area contributed by atoms with E-state index in [1.807, 2.05) is 49.4 Å². The Morgan fingerprint density at radius 3 is 2.72 bits per heavy atom. The Morgan fingerprint density at radius 2 is 1.97 bits per heavy atom. The molecule has 0 N–H and O–H groups in total. The minimum Gasteiger partial charge on any atom is -0.456 e. The number of hydrogen-bond acceptors (Lipinski definition) is 7. The fourth-order valence-corrected chi connectivity index (χ4v) is 2.88. The molecule has 9 heteroatoms. The minimum atomic E-state index is -0.481. The Morgan fingerprint density at radius 1 is 1.21 bits per heavy atom. The number of carbonyl (C=O) groups excluding carboxylic acids is 1. The highest BCUT2D eigenvalue weighted by atomic mass is 31.0. The van der Waals surface area contributed by atoms with Crippen LogP contribution in [0.15, 0.2) is 74.9 Å². The van der Waals surface area contributed by atoms with E-state index < -0.39 is 5.28 Å². The van der Waals surface area contributed by atoms with Crippen LogP contribution in [-0.4, -0.2) is 40.6 Å². The molecule has 1 aromatic heterocycles. The van der Waals surface area contributed by atoms with Crippen LogP contribution in [0.1, 0.15) is 18.1 Å². The van der Waals surface area contributed by atoms with Crippen molar-refractivity contribution in [2.24, 2.45) is 20.1 Å². The van der Waals surface area contributed by atoms with E-state index in [-0.39, 0.29) is 19.1 Å². The molecule has 0 spiro atoms. The number of pyridine rings is 1. The maximum Gasteiger partial charge on any atom is 0.373 e. The summed E-state index contributed by atoms with van der Waals surface area (Å²) in [7, 11) is 2.63. The van der Waals surface area contributed by atoms with Crippen LogP contribution in [0.25, 0.3) is 0 Å². The van der Waals surface area contributed by atoms with Crippen LogP contribution in [-0.2, 0) is 22.7 Å². The van der Waals surface area contributed by atoms with Gasteiger partial charge in [-0.1, -0.05) is 30.3 Å². The van der Waals surface area contributed by atoms with E-state index in [1.165, 1.54) is 5.01 Å². The highest BCUT2D eigenvalue weighted by molar-refractivity contribution is 7.20. The number of esters is 1. The standard InChI is InChI=1S/C20H20N6O2P/c1-20(29)13-22-26-14-21-18(23-19(26)24-20)16-7-9-25(10-8-16)11-17(27)28-12-15-5-3-2-4-6-15/h2-10,13-14H,11-12,29H2,1H3/q+1. The van der Waals surface area contributed by atoms with Gasteiger partial charge in [-0.15, -0.1) is 9.24 Å². The van der Waals surface area contributed by atoms with Gasteiger partial charge in [-0.2, -0.15) is 19.7 Å². The lowest BCUT2D eigenvalue weighted by atomic mass is 10.2. The number of amidine groups is 1. The molecule has 0 radical (unpaired) electrons. The average Bonchev–Trinajstić information content (AvgIpc) is 2.72. The quantitative estimate of drug-likeness (QED) is 0.430. The highest BCUT2D eigenvalue weighted by Gasteiger charge is 2.25. The molecular formula is C20H20N6O2P+. The van der Waals surface area contributed by atoms with E-state index in [1.54, 1.807) is 29.5 Å². The van der Waals surface area contributed by atoms with E-state index in [0.717, 1.165) is 11.1 Å². The molecule has 0 fully saturated rings. The summed E-state index contributed by atoms with van der Waals surface area (Å²) in [5, 5.41) is 5.31. The summed E-state index contributed by atoms with van der Waals surface area (Å²) >= 11 is 0. The number of aromatic nitrogens is 1. The van der Waals surface area contributed by atoms with Crippen LogP contribution < -0.4 is 4.57 Å². The monoisotopic (exact) mass is 407 g/mol. The van der Waals surface area contributed by atoms with E-state index >= 15 is 0 Å². The Hall–Kier alpha value is -3.25. The third-order valence-corrected chi connectivity index (χ3v) is 4.47. The second-order valence-electron chi connectivity index (χ2n) is 6.81. The fourth-order valence-electron chi connectivity index (χ4n) is 2.70. The molecule has 8 nitrogen and oxygen atoms in total. The Labute approximate surface area is 170 Å². The maximum atomic E-state index is 12.1. The summed E-state index contributed by atoms with van der Waals surface area (Å²) < 4.78 is 7.06. The number of hydrogen-bond donors (Lipinski definition) is 0. The van der Waals surface area contributed by atoms with Crippen molar-refractivity contribution >= 4 is 39.6 Å². The SMILES string of the molecule is CC1(P)C=NN2C=NC(c3cc[n+](CC(=O)OCc4ccccc4)cc3)=NC2=N1. The number of guanidine groups is 1. The van der Waals surface area contributed by atoms with Gasteiger partial charge in [0.25, 0.3) is 5.96 Å². The summed E-state index contributed by atoms with van der Waals surface area (Å²) in [6, 6.07) is 13.3. The molecule has 29 heavy (non-hydrogen) atoms. The first-order valence-corrected chi connectivity index (χ1v) is 9.61. The van der Waals surface area contributed by atoms with Gasteiger partial charge in [-0.25, -0.2) is 14.8 Å². The van der Waals surface area contributed by atoms with Gasteiger partial charge in [-0.3, -0.25) is 0 Å². The summed E-state index contributed by atoms with van der Waals surface area (Å²) in [6.45, 7) is 2.32. The van der Waals surface area contributed by atoms with Crippen molar-refractivity contribution in [2.45, 2.75) is 25.4 Å². The molecule has 3 heterocycles. The number of benzene rings is 1. The molecule has 0 saturated heterocycles. The minimum absolute atomic E-state index is 0.128. The number of carbonyl (C=O) groups is 1. The molecule has 1 aromatic carbocycles. The van der Waals surface area contributed by atoms with Gasteiger partial charge in [-0.05, 0) is 12.5 Å². The zero-order chi connectivity index (χ0) is 20.3. The van der Waals surface area contributed by atoms with Crippen molar-refractivity contribution < 1.29 is 14.1 Å². The number of aliphatic imine (C=N–C) groups is 3. The van der Waals surface area contributed by atoms with E-state index in [2.05, 4.69) is 29.3 Å². The van der Waals surface area contributed by atoms with Gasteiger partial charge in [0.15, 0.2) is 18.2 Å². The third kappa shape index (κ3) is 4.78. The van der Waals surface area contributed by atoms with Crippen LogP contribution >= 0.6 is 9.24 Å². The molecule has 4 rings (SSSR count). The van der Waals surface area contributed by atoms with Crippen LogP contribution in [0.5, 0.6) is 0 Å². The molecule has 146 valence electrons. The Kier molecular flexibility index (Phi) is 5.27. The van der Waals surface area contributed by atoms with Gasteiger partial charge in [0.05, 0.1) is 6.21 Å². The van der Waals surface area contributed by atoms with Crippen LogP contribution in [0.4, 0.5) is 0 Å². The number of rotatable bonds is 5. The Balaban J connectivity index is 1.39. The zero-order valence-electron chi connectivity index (χ0n) is 15.8. The van der Waals surface area contributed by atoms with Crippen molar-refractivity contribution in [1.82, 2.24) is 5.01 Å². The van der Waals surface area contributed by atoms with Crippen LogP contribution in [0, 0.1) is 0 Å². The molecule has 2 unspecified atom stereocenters. The largest absolute Gasteiger partial charge is 0.456 e. The fraction of sp³-hybridized carbons (Fsp3) is 0.200. The second kappa shape index (κ2) is 8.01. The van der Waals surface area contributed by atoms with Crippen molar-refractivity contribution in [2.75, 3.05) is 0 Å². The first-order chi connectivity index (χ1) is 14.0. The van der Waals surface area contributed by atoms with Gasteiger partial charge in [0, 0.05) is 17.7 Å². The molecule has 2 aliphatic heterocycles. The van der Waals surface area contributed by atoms with Gasteiger partial charge in [0.2, 0.25) is 6.54 Å². The first-order valence-electron chi connectivity index (χ1n) is 9.03.